The van der Waals surface area contributed by atoms with E-state index in [-0.39, 0.29) is 12.4 Å². The van der Waals surface area contributed by atoms with Gasteiger partial charge in [-0.15, -0.1) is 0 Å². The molecule has 1 heterocycles. The Morgan fingerprint density at radius 2 is 1.92 bits per heavy atom. The van der Waals surface area contributed by atoms with E-state index in [0.29, 0.717) is 6.61 Å². The summed E-state index contributed by atoms with van der Waals surface area (Å²) < 4.78 is 21.0. The molecule has 2 unspecified atom stereocenters. The summed E-state index contributed by atoms with van der Waals surface area (Å²) in [4.78, 5) is 23.5. The zero-order valence-electron chi connectivity index (χ0n) is 14.1. The maximum absolute atomic E-state index is 11.8. The normalized spacial score (nSPS) is 20.7. The van der Waals surface area contributed by atoms with E-state index in [1.165, 1.54) is 12.2 Å². The van der Waals surface area contributed by atoms with Crippen molar-refractivity contribution in [2.24, 2.45) is 0 Å². The Hall–Kier alpha value is -2.18. The molecule has 2 rings (SSSR count). The highest BCUT2D eigenvalue weighted by molar-refractivity contribution is 5.94. The van der Waals surface area contributed by atoms with Gasteiger partial charge < -0.3 is 18.9 Å². The Morgan fingerprint density at radius 3 is 2.58 bits per heavy atom. The second-order valence-corrected chi connectivity index (χ2v) is 6.34. The van der Waals surface area contributed by atoms with Crippen molar-refractivity contribution in [3.05, 3.63) is 48.0 Å². The predicted octanol–water partition coefficient (Wildman–Crippen LogP) is 3.01. The van der Waals surface area contributed by atoms with Gasteiger partial charge in [0, 0.05) is 0 Å². The quantitative estimate of drug-likeness (QED) is 0.771. The van der Waals surface area contributed by atoms with Gasteiger partial charge in [0.2, 0.25) is 6.29 Å². The van der Waals surface area contributed by atoms with Crippen molar-refractivity contribution in [2.75, 3.05) is 6.61 Å². The second-order valence-electron chi connectivity index (χ2n) is 6.34. The van der Waals surface area contributed by atoms with E-state index in [9.17, 15) is 9.59 Å². The van der Waals surface area contributed by atoms with Crippen molar-refractivity contribution in [3.8, 4) is 0 Å². The summed E-state index contributed by atoms with van der Waals surface area (Å²) in [6.07, 6.45) is 0.0687. The summed E-state index contributed by atoms with van der Waals surface area (Å²) in [5.74, 6) is -0.230. The third-order valence-electron chi connectivity index (χ3n) is 3.02. The lowest BCUT2D eigenvalue weighted by Gasteiger charge is -2.26. The lowest BCUT2D eigenvalue weighted by molar-refractivity contribution is -0.166. The molecule has 130 valence electrons. The minimum Gasteiger partial charge on any atom is -0.428 e. The summed E-state index contributed by atoms with van der Waals surface area (Å²) in [6.45, 7) is 5.64. The Kier molecular flexibility index (Phi) is 6.11. The van der Waals surface area contributed by atoms with E-state index in [4.69, 9.17) is 18.9 Å². The highest BCUT2D eigenvalue weighted by Gasteiger charge is 2.29. The molecule has 0 aromatic heterocycles. The van der Waals surface area contributed by atoms with Crippen LogP contribution in [-0.4, -0.2) is 36.5 Å². The van der Waals surface area contributed by atoms with Crippen molar-refractivity contribution in [1.82, 2.24) is 0 Å². The van der Waals surface area contributed by atoms with Crippen LogP contribution in [0.3, 0.4) is 0 Å². The first-order valence-corrected chi connectivity index (χ1v) is 7.72. The highest BCUT2D eigenvalue weighted by Crippen LogP contribution is 2.15. The summed E-state index contributed by atoms with van der Waals surface area (Å²) >= 11 is 0. The van der Waals surface area contributed by atoms with Crippen molar-refractivity contribution in [1.29, 1.82) is 0 Å². The van der Waals surface area contributed by atoms with E-state index in [0.717, 1.165) is 5.56 Å². The number of carbonyl (C=O) groups excluding carboxylic acids is 2. The van der Waals surface area contributed by atoms with Crippen molar-refractivity contribution in [3.63, 3.8) is 0 Å². The Labute approximate surface area is 141 Å². The zero-order valence-corrected chi connectivity index (χ0v) is 14.1. The molecule has 0 amide bonds. The maximum Gasteiger partial charge on any atom is 0.511 e. The van der Waals surface area contributed by atoms with Crippen molar-refractivity contribution < 1.29 is 28.5 Å². The number of hydrogen-bond donors (Lipinski definition) is 0. The van der Waals surface area contributed by atoms with E-state index < -0.39 is 24.2 Å². The van der Waals surface area contributed by atoms with Gasteiger partial charge in [0.25, 0.3) is 0 Å². The lowest BCUT2D eigenvalue weighted by atomic mass is 10.2. The van der Waals surface area contributed by atoms with Gasteiger partial charge in [0.1, 0.15) is 11.7 Å². The molecule has 1 aliphatic heterocycles. The molecule has 6 nitrogen and oxygen atoms in total. The first-order chi connectivity index (χ1) is 11.3. The van der Waals surface area contributed by atoms with Crippen LogP contribution in [0, 0.1) is 0 Å². The minimum atomic E-state index is -0.970. The third-order valence-corrected chi connectivity index (χ3v) is 3.02. The summed E-state index contributed by atoms with van der Waals surface area (Å²) in [5, 5.41) is 0. The molecule has 0 N–H and O–H groups in total. The van der Waals surface area contributed by atoms with E-state index >= 15 is 0 Å². The molecule has 0 spiro atoms. The molecule has 2 atom stereocenters. The first-order valence-electron chi connectivity index (χ1n) is 7.72. The fourth-order valence-corrected chi connectivity index (χ4v) is 1.97. The number of carbonyl (C=O) groups is 2. The van der Waals surface area contributed by atoms with Gasteiger partial charge in [0.05, 0.1) is 13.2 Å². The standard InChI is InChI=1S/C18H22O6/c1-18(2,3)24-17(20)23-16-10-9-14(19)15(22-16)12-21-11-13-7-5-4-6-8-13/h4-10,15-16H,11-12H2,1-3H3. The van der Waals surface area contributed by atoms with Crippen LogP contribution in [0.2, 0.25) is 0 Å². The van der Waals surface area contributed by atoms with Crippen molar-refractivity contribution in [2.45, 2.75) is 45.4 Å². The summed E-state index contributed by atoms with van der Waals surface area (Å²) in [5.41, 5.74) is 0.335. The topological polar surface area (TPSA) is 71.1 Å². The summed E-state index contributed by atoms with van der Waals surface area (Å²) in [6, 6.07) is 9.60. The highest BCUT2D eigenvalue weighted by atomic mass is 16.8. The van der Waals surface area contributed by atoms with Gasteiger partial charge in [-0.05, 0) is 38.5 Å². The van der Waals surface area contributed by atoms with Crippen LogP contribution < -0.4 is 0 Å². The van der Waals surface area contributed by atoms with Crippen LogP contribution in [0.5, 0.6) is 0 Å². The molecule has 0 saturated carbocycles. The predicted molar refractivity (Wildman–Crippen MR) is 86.2 cm³/mol. The molecule has 1 aromatic rings. The Bertz CT molecular complexity index is 587. The molecule has 1 aliphatic rings. The van der Waals surface area contributed by atoms with Gasteiger partial charge in [-0.1, -0.05) is 30.3 Å². The Morgan fingerprint density at radius 1 is 1.21 bits per heavy atom. The maximum atomic E-state index is 11.8. The SMILES string of the molecule is CC(C)(C)OC(=O)OC1C=CC(=O)C(COCc2ccccc2)O1. The largest absolute Gasteiger partial charge is 0.511 e. The molecule has 24 heavy (non-hydrogen) atoms. The molecule has 0 aliphatic carbocycles. The number of ether oxygens (including phenoxy) is 4. The molecule has 1 aromatic carbocycles. The van der Waals surface area contributed by atoms with E-state index in [2.05, 4.69) is 0 Å². The van der Waals surface area contributed by atoms with Crippen LogP contribution in [0.1, 0.15) is 26.3 Å². The minimum absolute atomic E-state index is 0.0756. The lowest BCUT2D eigenvalue weighted by Crippen LogP contribution is -2.38. The zero-order chi connectivity index (χ0) is 17.6. The fourth-order valence-electron chi connectivity index (χ4n) is 1.97. The van der Waals surface area contributed by atoms with Gasteiger partial charge in [-0.2, -0.15) is 0 Å². The average Bonchev–Trinajstić information content (AvgIpc) is 2.49. The monoisotopic (exact) mass is 334 g/mol. The molecule has 6 heteroatoms. The van der Waals surface area contributed by atoms with Crippen LogP contribution >= 0.6 is 0 Å². The van der Waals surface area contributed by atoms with Gasteiger partial charge in [-0.25, -0.2) is 4.79 Å². The average molecular weight is 334 g/mol. The number of hydrogen-bond acceptors (Lipinski definition) is 6. The third kappa shape index (κ3) is 6.14. The van der Waals surface area contributed by atoms with Crippen LogP contribution in [0.25, 0.3) is 0 Å². The fraction of sp³-hybridized carbons (Fsp3) is 0.444. The number of benzene rings is 1. The smallest absolute Gasteiger partial charge is 0.428 e. The van der Waals surface area contributed by atoms with E-state index in [1.807, 2.05) is 30.3 Å². The number of ketones is 1. The molecule has 0 radical (unpaired) electrons. The van der Waals surface area contributed by atoms with E-state index in [1.54, 1.807) is 20.8 Å². The van der Waals surface area contributed by atoms with Gasteiger partial charge in [-0.3, -0.25) is 4.79 Å². The molecule has 0 fully saturated rings. The van der Waals surface area contributed by atoms with Gasteiger partial charge >= 0.3 is 6.16 Å². The molecule has 0 bridgehead atoms. The van der Waals surface area contributed by atoms with Gasteiger partial charge in [0.15, 0.2) is 5.78 Å². The van der Waals surface area contributed by atoms with Crippen LogP contribution in [-0.2, 0) is 30.3 Å². The number of rotatable bonds is 5. The van der Waals surface area contributed by atoms with Crippen molar-refractivity contribution >= 4 is 11.9 Å². The molecule has 0 saturated heterocycles. The van der Waals surface area contributed by atoms with Crippen LogP contribution in [0.4, 0.5) is 4.79 Å². The summed E-state index contributed by atoms with van der Waals surface area (Å²) in [7, 11) is 0. The molecular weight excluding hydrogens is 312 g/mol. The first kappa shape index (κ1) is 18.2. The van der Waals surface area contributed by atoms with Crippen LogP contribution in [0.15, 0.2) is 42.5 Å². The second kappa shape index (κ2) is 8.08. The Balaban J connectivity index is 1.80. The molecular formula is C18H22O6.